The van der Waals surface area contributed by atoms with E-state index in [1.165, 1.54) is 23.8 Å². The van der Waals surface area contributed by atoms with Crippen molar-refractivity contribution < 1.29 is 14.0 Å². The molecular formula is C27H34Cl2FN3O2. The smallest absolute Gasteiger partial charge is 0.124 e. The number of anilines is 1. The van der Waals surface area contributed by atoms with Crippen molar-refractivity contribution in [3.63, 3.8) is 0 Å². The molecule has 8 heteroatoms. The lowest BCUT2D eigenvalue weighted by atomic mass is 9.98. The highest BCUT2D eigenvalue weighted by molar-refractivity contribution is 6.41. The first-order valence-corrected chi connectivity index (χ1v) is 11.9. The van der Waals surface area contributed by atoms with Crippen LogP contribution in [0.5, 0.6) is 0 Å². The molecular weight excluding hydrogens is 488 g/mol. The van der Waals surface area contributed by atoms with Crippen LogP contribution in [0.3, 0.4) is 0 Å². The normalized spacial score (nSPS) is 16.3. The molecule has 2 aromatic rings. The number of rotatable bonds is 9. The van der Waals surface area contributed by atoms with Crippen LogP contribution in [-0.2, 0) is 22.4 Å². The zero-order valence-corrected chi connectivity index (χ0v) is 21.9. The third kappa shape index (κ3) is 9.84. The molecule has 1 saturated heterocycles. The number of halogens is 3. The van der Waals surface area contributed by atoms with Crippen molar-refractivity contribution >= 4 is 42.0 Å². The van der Waals surface area contributed by atoms with Gasteiger partial charge in [-0.25, -0.2) is 4.39 Å². The van der Waals surface area contributed by atoms with Gasteiger partial charge in [0.25, 0.3) is 0 Å². The number of hydrogen-bond acceptors (Lipinski definition) is 5. The molecule has 35 heavy (non-hydrogen) atoms. The van der Waals surface area contributed by atoms with Crippen LogP contribution in [0.1, 0.15) is 24.5 Å². The van der Waals surface area contributed by atoms with Crippen molar-refractivity contribution in [1.29, 1.82) is 0 Å². The van der Waals surface area contributed by atoms with Crippen LogP contribution in [0, 0.1) is 5.82 Å². The fourth-order valence-electron chi connectivity index (χ4n) is 3.74. The van der Waals surface area contributed by atoms with Crippen molar-refractivity contribution in [3.8, 4) is 0 Å². The van der Waals surface area contributed by atoms with Crippen molar-refractivity contribution in [1.82, 2.24) is 10.2 Å². The van der Waals surface area contributed by atoms with E-state index in [9.17, 15) is 9.18 Å². The second kappa shape index (κ2) is 15.4. The maximum absolute atomic E-state index is 12.2. The molecule has 3 rings (SSSR count). The highest BCUT2D eigenvalue weighted by atomic mass is 35.5. The average molecular weight is 522 g/mol. The molecule has 0 aromatic heterocycles. The van der Waals surface area contributed by atoms with E-state index in [0.29, 0.717) is 11.4 Å². The number of likely N-dealkylation sites (tertiary alicyclic amines) is 1. The van der Waals surface area contributed by atoms with E-state index < -0.39 is 0 Å². The Bertz CT molecular complexity index is 1000. The number of aldehydes is 1. The number of allylic oxidation sites excluding steroid dienone is 1. The second-order valence-electron chi connectivity index (χ2n) is 8.32. The summed E-state index contributed by atoms with van der Waals surface area (Å²) in [4.78, 5) is 21.3. The summed E-state index contributed by atoms with van der Waals surface area (Å²) in [6, 6.07) is 10.2. The molecule has 1 aliphatic rings. The van der Waals surface area contributed by atoms with Gasteiger partial charge < -0.3 is 25.1 Å². The van der Waals surface area contributed by atoms with Crippen LogP contribution >= 0.6 is 23.2 Å². The molecule has 1 atom stereocenters. The van der Waals surface area contributed by atoms with Crippen LogP contribution in [-0.4, -0.2) is 50.2 Å². The third-order valence-corrected chi connectivity index (χ3v) is 6.34. The molecule has 5 nitrogen and oxygen atoms in total. The summed E-state index contributed by atoms with van der Waals surface area (Å²) in [5.41, 5.74) is 4.40. The fourth-order valence-corrected chi connectivity index (χ4v) is 4.03. The maximum Gasteiger partial charge on any atom is 0.124 e. The molecule has 2 N–H and O–H groups in total. The molecule has 1 unspecified atom stereocenters. The third-order valence-electron chi connectivity index (χ3n) is 5.60. The Morgan fingerprint density at radius 2 is 1.89 bits per heavy atom. The Labute approximate surface area is 218 Å². The zero-order chi connectivity index (χ0) is 26.4. The van der Waals surface area contributed by atoms with E-state index >= 15 is 0 Å². The maximum atomic E-state index is 12.2. The fraction of sp³-hybridized carbons (Fsp3) is 0.333. The molecule has 0 aliphatic carbocycles. The van der Waals surface area contributed by atoms with Gasteiger partial charge in [0.2, 0.25) is 0 Å². The molecule has 0 spiro atoms. The number of benzene rings is 2. The number of hydrogen-bond donors (Lipinski definition) is 2. The summed E-state index contributed by atoms with van der Waals surface area (Å²) >= 11 is 10.9. The zero-order valence-electron chi connectivity index (χ0n) is 20.4. The lowest BCUT2D eigenvalue weighted by Crippen LogP contribution is -2.37. The summed E-state index contributed by atoms with van der Waals surface area (Å²) in [5, 5.41) is 7.44. The molecule has 0 radical (unpaired) electrons. The number of likely N-dealkylation sites (N-methyl/N-ethyl adjacent to an activating group) is 1. The molecule has 1 aliphatic heterocycles. The van der Waals surface area contributed by atoms with Gasteiger partial charge in [-0.15, -0.1) is 0 Å². The standard InChI is InChI=1S/C20H29N3O.C6H3Cl2F.CH2O/c1-5-16(2)23-12-10-20(3,15-23)22-19-7-6-17(8-11-21-4)18(14-19)9-13-24;7-5-2-1-4(9)3-6(5)8;1-2/h5-7,13-14,21-22H,1-2,8-12,15H2,3-4H3;1-3H;1H2. The summed E-state index contributed by atoms with van der Waals surface area (Å²) in [5.74, 6) is -0.371. The van der Waals surface area contributed by atoms with E-state index in [1.807, 2.05) is 19.9 Å². The Morgan fingerprint density at radius 1 is 1.17 bits per heavy atom. The first kappa shape index (κ1) is 30.4. The summed E-state index contributed by atoms with van der Waals surface area (Å²) in [6.07, 6.45) is 5.23. The molecule has 0 saturated carbocycles. The molecule has 2 aromatic carbocycles. The average Bonchev–Trinajstić information content (AvgIpc) is 3.24. The largest absolute Gasteiger partial charge is 0.378 e. The minimum Gasteiger partial charge on any atom is -0.378 e. The first-order valence-electron chi connectivity index (χ1n) is 11.1. The number of nitrogens with one attached hydrogen (secondary N) is 2. The molecule has 1 heterocycles. The summed E-state index contributed by atoms with van der Waals surface area (Å²) < 4.78 is 12.2. The van der Waals surface area contributed by atoms with Crippen molar-refractivity contribution in [3.05, 3.63) is 88.3 Å². The van der Waals surface area contributed by atoms with Crippen LogP contribution in [0.15, 0.2) is 61.3 Å². The Balaban J connectivity index is 0.000000464. The number of carbonyl (C=O) groups is 2. The van der Waals surface area contributed by atoms with Crippen LogP contribution in [0.25, 0.3) is 0 Å². The van der Waals surface area contributed by atoms with Gasteiger partial charge in [-0.1, -0.05) is 42.4 Å². The van der Waals surface area contributed by atoms with E-state index in [1.54, 1.807) is 0 Å². The molecule has 0 amide bonds. The monoisotopic (exact) mass is 521 g/mol. The predicted octanol–water partition coefficient (Wildman–Crippen LogP) is 5.71. The number of nitrogens with zero attached hydrogens (tertiary/aromatic N) is 1. The van der Waals surface area contributed by atoms with E-state index in [4.69, 9.17) is 28.0 Å². The van der Waals surface area contributed by atoms with Gasteiger partial charge >= 0.3 is 0 Å². The minimum absolute atomic E-state index is 0.00309. The van der Waals surface area contributed by atoms with E-state index in [0.717, 1.165) is 55.7 Å². The second-order valence-corrected chi connectivity index (χ2v) is 9.13. The number of carbonyl (C=O) groups excluding carboxylic acids is 2. The van der Waals surface area contributed by atoms with Gasteiger partial charge in [-0.3, -0.25) is 0 Å². The minimum atomic E-state index is -0.371. The first-order chi connectivity index (χ1) is 16.7. The highest BCUT2D eigenvalue weighted by Crippen LogP contribution is 2.29. The SMILES string of the molecule is C=CC(=C)N1CCC(C)(Nc2ccc(CCNC)c(CC=O)c2)C1.C=O.Fc1ccc(Cl)c(Cl)c1. The Morgan fingerprint density at radius 3 is 2.46 bits per heavy atom. The molecule has 190 valence electrons. The summed E-state index contributed by atoms with van der Waals surface area (Å²) in [6.45, 7) is 14.9. The summed E-state index contributed by atoms with van der Waals surface area (Å²) in [7, 11) is 1.94. The lowest BCUT2D eigenvalue weighted by Gasteiger charge is -2.28. The molecule has 1 fully saturated rings. The highest BCUT2D eigenvalue weighted by Gasteiger charge is 2.33. The van der Waals surface area contributed by atoms with Gasteiger partial charge in [0.1, 0.15) is 18.9 Å². The van der Waals surface area contributed by atoms with Gasteiger partial charge in [-0.05, 0) is 80.9 Å². The van der Waals surface area contributed by atoms with Gasteiger partial charge in [0, 0.05) is 30.9 Å². The van der Waals surface area contributed by atoms with Crippen molar-refractivity contribution in [2.24, 2.45) is 0 Å². The van der Waals surface area contributed by atoms with Crippen LogP contribution < -0.4 is 10.6 Å². The lowest BCUT2D eigenvalue weighted by molar-refractivity contribution is -0.107. The predicted molar refractivity (Wildman–Crippen MR) is 145 cm³/mol. The van der Waals surface area contributed by atoms with Gasteiger partial charge in [-0.2, -0.15) is 0 Å². The molecule has 0 bridgehead atoms. The van der Waals surface area contributed by atoms with Crippen molar-refractivity contribution in [2.75, 3.05) is 32.0 Å². The van der Waals surface area contributed by atoms with Crippen LogP contribution in [0.2, 0.25) is 10.0 Å². The quantitative estimate of drug-likeness (QED) is 0.251. The van der Waals surface area contributed by atoms with Crippen molar-refractivity contribution in [2.45, 2.75) is 31.7 Å². The van der Waals surface area contributed by atoms with Gasteiger partial charge in [0.15, 0.2) is 0 Å². The van der Waals surface area contributed by atoms with E-state index in [2.05, 4.69) is 53.8 Å². The van der Waals surface area contributed by atoms with Crippen LogP contribution in [0.4, 0.5) is 10.1 Å². The topological polar surface area (TPSA) is 61.4 Å². The Hall–Kier alpha value is -2.67. The van der Waals surface area contributed by atoms with E-state index in [-0.39, 0.29) is 16.4 Å². The Kier molecular flexibility index (Phi) is 13.3. The van der Waals surface area contributed by atoms with Gasteiger partial charge in [0.05, 0.1) is 15.6 Å².